The largest absolute Gasteiger partial charge is 0.475 e. The predicted molar refractivity (Wildman–Crippen MR) is 62.8 cm³/mol. The molecule has 0 spiro atoms. The van der Waals surface area contributed by atoms with Crippen LogP contribution < -0.4 is 5.32 Å². The molecule has 7 nitrogen and oxygen atoms in total. The van der Waals surface area contributed by atoms with Crippen LogP contribution >= 0.6 is 0 Å². The lowest BCUT2D eigenvalue weighted by Gasteiger charge is -2.10. The third-order valence-electron chi connectivity index (χ3n) is 2.42. The Morgan fingerprint density at radius 3 is 2.89 bits per heavy atom. The zero-order valence-corrected chi connectivity index (χ0v) is 10.1. The van der Waals surface area contributed by atoms with Gasteiger partial charge in [-0.3, -0.25) is 4.79 Å². The molecule has 2 N–H and O–H groups in total. The van der Waals surface area contributed by atoms with Crippen molar-refractivity contribution in [3.63, 3.8) is 0 Å². The number of nitrogens with zero attached hydrogens (tertiary/aromatic N) is 1. The first-order valence-electron chi connectivity index (χ1n) is 5.59. The lowest BCUT2D eigenvalue weighted by Crippen LogP contribution is -2.34. The summed E-state index contributed by atoms with van der Waals surface area (Å²) in [6.45, 7) is 1.80. The maximum atomic E-state index is 11.8. The molecule has 1 atom stereocenters. The Balaban J connectivity index is 1.94. The molecule has 19 heavy (non-hydrogen) atoms. The fourth-order valence-electron chi connectivity index (χ4n) is 1.56. The summed E-state index contributed by atoms with van der Waals surface area (Å²) < 4.78 is 9.67. The molecule has 7 heteroatoms. The van der Waals surface area contributed by atoms with Crippen LogP contribution in [0.25, 0.3) is 0 Å². The molecule has 0 saturated heterocycles. The maximum Gasteiger partial charge on any atom is 0.374 e. The minimum atomic E-state index is -1.27. The Kier molecular flexibility index (Phi) is 3.65. The molecule has 0 bridgehead atoms. The molecule has 0 aromatic carbocycles. The van der Waals surface area contributed by atoms with Crippen molar-refractivity contribution in [3.8, 4) is 0 Å². The third kappa shape index (κ3) is 3.21. The maximum absolute atomic E-state index is 11.8. The Morgan fingerprint density at radius 1 is 1.53 bits per heavy atom. The first-order valence-corrected chi connectivity index (χ1v) is 5.59. The number of hydrogen-bond donors (Lipinski definition) is 2. The molecule has 2 aromatic heterocycles. The van der Waals surface area contributed by atoms with Crippen molar-refractivity contribution in [2.45, 2.75) is 19.4 Å². The van der Waals surface area contributed by atoms with Gasteiger partial charge in [-0.1, -0.05) is 5.16 Å². The van der Waals surface area contributed by atoms with Crippen LogP contribution in [0.3, 0.4) is 0 Å². The van der Waals surface area contributed by atoms with E-state index in [-0.39, 0.29) is 17.5 Å². The minimum absolute atomic E-state index is 0.0660. The molecule has 2 aromatic rings. The van der Waals surface area contributed by atoms with Crippen molar-refractivity contribution in [3.05, 3.63) is 41.7 Å². The summed E-state index contributed by atoms with van der Waals surface area (Å²) in [5.74, 6) is -1.38. The van der Waals surface area contributed by atoms with Crippen molar-refractivity contribution in [2.75, 3.05) is 0 Å². The highest BCUT2D eigenvalue weighted by Crippen LogP contribution is 2.06. The van der Waals surface area contributed by atoms with Crippen LogP contribution in [0.5, 0.6) is 0 Å². The van der Waals surface area contributed by atoms with E-state index in [1.165, 1.54) is 0 Å². The van der Waals surface area contributed by atoms with Gasteiger partial charge in [0.25, 0.3) is 5.91 Å². The number of carbonyl (C=O) groups excluding carboxylic acids is 1. The SMILES string of the molecule is CC(Cc1ccco1)NC(=O)c1cc(C(=O)O)on1. The highest BCUT2D eigenvalue weighted by molar-refractivity contribution is 5.94. The lowest BCUT2D eigenvalue weighted by molar-refractivity contribution is 0.0651. The summed E-state index contributed by atoms with van der Waals surface area (Å²) in [6.07, 6.45) is 2.09. The molecule has 0 fully saturated rings. The number of carboxylic acids is 1. The smallest absolute Gasteiger partial charge is 0.374 e. The van der Waals surface area contributed by atoms with Gasteiger partial charge in [0, 0.05) is 18.5 Å². The zero-order valence-electron chi connectivity index (χ0n) is 10.1. The molecule has 2 rings (SSSR count). The van der Waals surface area contributed by atoms with Crippen LogP contribution in [0.1, 0.15) is 33.7 Å². The van der Waals surface area contributed by atoms with Gasteiger partial charge in [0.2, 0.25) is 5.76 Å². The van der Waals surface area contributed by atoms with Crippen LogP contribution in [-0.4, -0.2) is 28.2 Å². The normalized spacial score (nSPS) is 12.1. The molecule has 1 amide bonds. The average Bonchev–Trinajstić information content (AvgIpc) is 2.98. The second-order valence-corrected chi connectivity index (χ2v) is 4.04. The zero-order chi connectivity index (χ0) is 13.8. The van der Waals surface area contributed by atoms with E-state index in [9.17, 15) is 9.59 Å². The first-order chi connectivity index (χ1) is 9.06. The summed E-state index contributed by atoms with van der Waals surface area (Å²) >= 11 is 0. The Hall–Kier alpha value is -2.57. The molecule has 100 valence electrons. The van der Waals surface area contributed by atoms with Crippen LogP contribution in [0, 0.1) is 0 Å². The van der Waals surface area contributed by atoms with Crippen LogP contribution in [0.2, 0.25) is 0 Å². The topological polar surface area (TPSA) is 106 Å². The fourth-order valence-corrected chi connectivity index (χ4v) is 1.56. The molecular weight excluding hydrogens is 252 g/mol. The number of amides is 1. The van der Waals surface area contributed by atoms with Gasteiger partial charge in [-0.15, -0.1) is 0 Å². The summed E-state index contributed by atoms with van der Waals surface area (Å²) in [6, 6.07) is 4.47. The van der Waals surface area contributed by atoms with Gasteiger partial charge in [0.15, 0.2) is 5.69 Å². The summed E-state index contributed by atoms with van der Waals surface area (Å²) in [4.78, 5) is 22.4. The number of aromatic carboxylic acids is 1. The first kappa shape index (κ1) is 12.9. The van der Waals surface area contributed by atoms with Gasteiger partial charge < -0.3 is 19.4 Å². The quantitative estimate of drug-likeness (QED) is 0.843. The second kappa shape index (κ2) is 5.38. The van der Waals surface area contributed by atoms with E-state index in [1.54, 1.807) is 25.3 Å². The minimum Gasteiger partial charge on any atom is -0.475 e. The van der Waals surface area contributed by atoms with Crippen molar-refractivity contribution in [1.82, 2.24) is 10.5 Å². The standard InChI is InChI=1S/C12H12N2O5/c1-7(5-8-3-2-4-18-8)13-11(15)9-6-10(12(16)17)19-14-9/h2-4,6-7H,5H2,1H3,(H,13,15)(H,16,17). The Morgan fingerprint density at radius 2 is 2.32 bits per heavy atom. The highest BCUT2D eigenvalue weighted by Gasteiger charge is 2.18. The molecule has 0 aliphatic carbocycles. The number of furan rings is 1. The number of nitrogens with one attached hydrogen (secondary N) is 1. The predicted octanol–water partition coefficient (Wildman–Crippen LogP) is 1.33. The molecule has 0 aliphatic heterocycles. The molecule has 0 aliphatic rings. The van der Waals surface area contributed by atoms with Crippen LogP contribution in [0.4, 0.5) is 0 Å². The van der Waals surface area contributed by atoms with Crippen molar-refractivity contribution < 1.29 is 23.6 Å². The van der Waals surface area contributed by atoms with Gasteiger partial charge >= 0.3 is 5.97 Å². The van der Waals surface area contributed by atoms with E-state index in [0.29, 0.717) is 6.42 Å². The van der Waals surface area contributed by atoms with Gasteiger partial charge in [0.05, 0.1) is 6.26 Å². The third-order valence-corrected chi connectivity index (χ3v) is 2.42. The van der Waals surface area contributed by atoms with E-state index < -0.39 is 11.9 Å². The summed E-state index contributed by atoms with van der Waals surface area (Å²) in [5.41, 5.74) is -0.0660. The van der Waals surface area contributed by atoms with E-state index in [4.69, 9.17) is 9.52 Å². The van der Waals surface area contributed by atoms with E-state index in [2.05, 4.69) is 15.0 Å². The summed E-state index contributed by atoms with van der Waals surface area (Å²) in [7, 11) is 0. The molecule has 1 unspecified atom stereocenters. The molecule has 2 heterocycles. The van der Waals surface area contributed by atoms with Gasteiger partial charge in [-0.25, -0.2) is 4.79 Å². The van der Waals surface area contributed by atoms with Gasteiger partial charge in [0.1, 0.15) is 5.76 Å². The molecule has 0 radical (unpaired) electrons. The van der Waals surface area contributed by atoms with Crippen molar-refractivity contribution in [2.24, 2.45) is 0 Å². The molecular formula is C12H12N2O5. The number of hydrogen-bond acceptors (Lipinski definition) is 5. The Bertz CT molecular complexity index is 573. The van der Waals surface area contributed by atoms with Crippen molar-refractivity contribution in [1.29, 1.82) is 0 Å². The number of rotatable bonds is 5. The van der Waals surface area contributed by atoms with E-state index in [0.717, 1.165) is 11.8 Å². The average molecular weight is 264 g/mol. The summed E-state index contributed by atoms with van der Waals surface area (Å²) in [5, 5.41) is 14.7. The highest BCUT2D eigenvalue weighted by atomic mass is 16.5. The second-order valence-electron chi connectivity index (χ2n) is 4.04. The van der Waals surface area contributed by atoms with E-state index >= 15 is 0 Å². The van der Waals surface area contributed by atoms with Crippen molar-refractivity contribution >= 4 is 11.9 Å². The lowest BCUT2D eigenvalue weighted by atomic mass is 10.2. The monoisotopic (exact) mass is 264 g/mol. The van der Waals surface area contributed by atoms with Gasteiger partial charge in [-0.2, -0.15) is 0 Å². The fraction of sp³-hybridized carbons (Fsp3) is 0.250. The van der Waals surface area contributed by atoms with Crippen LogP contribution in [-0.2, 0) is 6.42 Å². The number of carboxylic acid groups (broad SMARTS) is 1. The van der Waals surface area contributed by atoms with Crippen LogP contribution in [0.15, 0.2) is 33.4 Å². The van der Waals surface area contributed by atoms with E-state index in [1.807, 2.05) is 0 Å². The Labute approximate surface area is 108 Å². The number of aromatic nitrogens is 1. The number of carbonyl (C=O) groups is 2. The molecule has 0 saturated carbocycles. The van der Waals surface area contributed by atoms with Gasteiger partial charge in [-0.05, 0) is 19.1 Å².